The second-order valence-corrected chi connectivity index (χ2v) is 4.25. The van der Waals surface area contributed by atoms with E-state index in [1.165, 1.54) is 6.33 Å². The van der Waals surface area contributed by atoms with Crippen LogP contribution in [0.15, 0.2) is 11.1 Å². The number of rotatable bonds is 2. The quantitative estimate of drug-likeness (QED) is 0.654. The third-order valence-corrected chi connectivity index (χ3v) is 3.05. The first kappa shape index (κ1) is 11.2. The van der Waals surface area contributed by atoms with Crippen molar-refractivity contribution in [2.24, 2.45) is 0 Å². The molecule has 3 rings (SSSR count). The largest absolute Gasteiger partial charge is 0.394 e. The number of nitrogen functional groups attached to an aromatic ring is 1. The van der Waals surface area contributed by atoms with Gasteiger partial charge in [0.15, 0.2) is 11.2 Å². The zero-order valence-electron chi connectivity index (χ0n) is 9.54. The molecule has 0 unspecified atom stereocenters. The van der Waals surface area contributed by atoms with Gasteiger partial charge in [0.1, 0.15) is 6.23 Å². The summed E-state index contributed by atoms with van der Waals surface area (Å²) in [6.07, 6.45) is 2.58. The van der Waals surface area contributed by atoms with Crippen LogP contribution in [0.4, 0.5) is 5.95 Å². The maximum atomic E-state index is 11.6. The van der Waals surface area contributed by atoms with Crippen LogP contribution < -0.4 is 11.3 Å². The van der Waals surface area contributed by atoms with Gasteiger partial charge in [0.05, 0.1) is 19.0 Å². The summed E-state index contributed by atoms with van der Waals surface area (Å²) in [5.41, 5.74) is 5.79. The van der Waals surface area contributed by atoms with E-state index in [9.17, 15) is 4.79 Å². The monoisotopic (exact) mass is 251 g/mol. The second-order valence-electron chi connectivity index (χ2n) is 4.25. The van der Waals surface area contributed by atoms with E-state index in [0.717, 1.165) is 12.8 Å². The maximum Gasteiger partial charge on any atom is 0.280 e. The Morgan fingerprint density at radius 3 is 3.17 bits per heavy atom. The smallest absolute Gasteiger partial charge is 0.280 e. The Morgan fingerprint density at radius 1 is 1.61 bits per heavy atom. The van der Waals surface area contributed by atoms with Crippen molar-refractivity contribution >= 4 is 17.1 Å². The fourth-order valence-corrected chi connectivity index (χ4v) is 2.18. The predicted molar refractivity (Wildman–Crippen MR) is 62.8 cm³/mol. The first-order valence-corrected chi connectivity index (χ1v) is 5.67. The lowest BCUT2D eigenvalue weighted by Gasteiger charge is -2.13. The highest BCUT2D eigenvalue weighted by Crippen LogP contribution is 2.29. The number of nitrogens with zero attached hydrogens (tertiary/aromatic N) is 3. The third kappa shape index (κ3) is 1.66. The summed E-state index contributed by atoms with van der Waals surface area (Å²) in [7, 11) is 0. The molecule has 1 fully saturated rings. The summed E-state index contributed by atoms with van der Waals surface area (Å²) < 4.78 is 7.30. The number of imidazole rings is 1. The Kier molecular flexibility index (Phi) is 2.53. The molecule has 2 aromatic rings. The van der Waals surface area contributed by atoms with E-state index in [1.54, 1.807) is 4.57 Å². The third-order valence-electron chi connectivity index (χ3n) is 3.05. The van der Waals surface area contributed by atoms with E-state index < -0.39 is 0 Å². The van der Waals surface area contributed by atoms with Crippen LogP contribution in [0.3, 0.4) is 0 Å². The number of nitrogens with one attached hydrogen (secondary N) is 1. The molecule has 0 saturated carbocycles. The van der Waals surface area contributed by atoms with Crippen molar-refractivity contribution < 1.29 is 9.84 Å². The first-order chi connectivity index (χ1) is 8.69. The van der Waals surface area contributed by atoms with E-state index >= 15 is 0 Å². The molecule has 1 aliphatic heterocycles. The molecule has 3 heterocycles. The molecule has 0 radical (unpaired) electrons. The van der Waals surface area contributed by atoms with Gasteiger partial charge in [-0.15, -0.1) is 0 Å². The minimum atomic E-state index is -0.368. The van der Waals surface area contributed by atoms with Crippen LogP contribution in [0, 0.1) is 0 Å². The predicted octanol–water partition coefficient (Wildman–Crippen LogP) is -0.628. The van der Waals surface area contributed by atoms with Gasteiger partial charge in [-0.1, -0.05) is 0 Å². The lowest BCUT2D eigenvalue weighted by molar-refractivity contribution is -0.0207. The minimum Gasteiger partial charge on any atom is -0.394 e. The summed E-state index contributed by atoms with van der Waals surface area (Å²) in [6.45, 7) is -0.0146. The van der Waals surface area contributed by atoms with Crippen molar-refractivity contribution in [1.29, 1.82) is 0 Å². The molecule has 2 atom stereocenters. The summed E-state index contributed by atoms with van der Waals surface area (Å²) >= 11 is 0. The van der Waals surface area contributed by atoms with Gasteiger partial charge in [0.2, 0.25) is 5.95 Å². The molecule has 1 aliphatic rings. The maximum absolute atomic E-state index is 11.6. The number of hydrogen-bond acceptors (Lipinski definition) is 6. The molecule has 0 bridgehead atoms. The Labute approximate surface area is 101 Å². The average Bonchev–Trinajstić information content (AvgIpc) is 2.93. The van der Waals surface area contributed by atoms with Crippen LogP contribution in [-0.4, -0.2) is 37.3 Å². The number of aliphatic hydroxyl groups excluding tert-OH is 1. The summed E-state index contributed by atoms with van der Waals surface area (Å²) in [6, 6.07) is 0. The molecule has 18 heavy (non-hydrogen) atoms. The van der Waals surface area contributed by atoms with Crippen molar-refractivity contribution in [1.82, 2.24) is 19.5 Å². The van der Waals surface area contributed by atoms with Gasteiger partial charge < -0.3 is 15.6 Å². The second kappa shape index (κ2) is 4.07. The van der Waals surface area contributed by atoms with Gasteiger partial charge in [0, 0.05) is 0 Å². The number of ether oxygens (including phenoxy) is 1. The topological polar surface area (TPSA) is 119 Å². The molecule has 96 valence electrons. The number of fused-ring (bicyclic) bond motifs is 1. The van der Waals surface area contributed by atoms with Crippen molar-refractivity contribution in [3.05, 3.63) is 16.7 Å². The fraction of sp³-hybridized carbons (Fsp3) is 0.500. The van der Waals surface area contributed by atoms with Crippen LogP contribution >= 0.6 is 0 Å². The number of aliphatic hydroxyl groups is 1. The van der Waals surface area contributed by atoms with Crippen molar-refractivity contribution in [3.8, 4) is 0 Å². The molecule has 8 heteroatoms. The summed E-state index contributed by atoms with van der Waals surface area (Å²) in [4.78, 5) is 22.1. The Morgan fingerprint density at radius 2 is 2.44 bits per heavy atom. The minimum absolute atomic E-state index is 0.0146. The van der Waals surface area contributed by atoms with Gasteiger partial charge in [-0.25, -0.2) is 4.98 Å². The SMILES string of the molecule is Nc1nc2c(ncn2[C@@H]2CC[C@@H](CO)O2)c(=O)[nH]1. The van der Waals surface area contributed by atoms with Crippen LogP contribution in [0.5, 0.6) is 0 Å². The lowest BCUT2D eigenvalue weighted by atomic mass is 10.2. The molecular weight excluding hydrogens is 238 g/mol. The van der Waals surface area contributed by atoms with E-state index in [-0.39, 0.29) is 36.0 Å². The van der Waals surface area contributed by atoms with Gasteiger partial charge in [-0.2, -0.15) is 4.98 Å². The molecule has 1 saturated heterocycles. The number of aromatic nitrogens is 4. The number of aromatic amines is 1. The molecule has 0 aliphatic carbocycles. The lowest BCUT2D eigenvalue weighted by Crippen LogP contribution is -2.16. The summed E-state index contributed by atoms with van der Waals surface area (Å²) in [5.74, 6) is 0.0472. The van der Waals surface area contributed by atoms with Crippen LogP contribution in [0.1, 0.15) is 19.1 Å². The fourth-order valence-electron chi connectivity index (χ4n) is 2.18. The highest BCUT2D eigenvalue weighted by Gasteiger charge is 2.27. The number of nitrogens with two attached hydrogens (primary N) is 1. The van der Waals surface area contributed by atoms with Gasteiger partial charge in [-0.05, 0) is 12.8 Å². The summed E-state index contributed by atoms with van der Waals surface area (Å²) in [5, 5.41) is 9.04. The molecular formula is C10H13N5O3. The van der Waals surface area contributed by atoms with Gasteiger partial charge in [0.25, 0.3) is 5.56 Å². The average molecular weight is 251 g/mol. The van der Waals surface area contributed by atoms with E-state index in [2.05, 4.69) is 15.0 Å². The number of hydrogen-bond donors (Lipinski definition) is 3. The Bertz CT molecular complexity index is 634. The number of H-pyrrole nitrogens is 1. The van der Waals surface area contributed by atoms with Crippen molar-refractivity contribution in [2.75, 3.05) is 12.3 Å². The highest BCUT2D eigenvalue weighted by atomic mass is 16.5. The Balaban J connectivity index is 2.05. The normalized spacial score (nSPS) is 23.8. The molecule has 2 aromatic heterocycles. The zero-order valence-corrected chi connectivity index (χ0v) is 9.54. The molecule has 4 N–H and O–H groups in total. The Hall–Kier alpha value is -1.93. The molecule has 0 amide bonds. The van der Waals surface area contributed by atoms with Gasteiger partial charge >= 0.3 is 0 Å². The molecule has 8 nitrogen and oxygen atoms in total. The first-order valence-electron chi connectivity index (χ1n) is 5.67. The van der Waals surface area contributed by atoms with Crippen LogP contribution in [-0.2, 0) is 4.74 Å². The van der Waals surface area contributed by atoms with E-state index in [1.807, 2.05) is 0 Å². The van der Waals surface area contributed by atoms with Crippen molar-refractivity contribution in [2.45, 2.75) is 25.2 Å². The van der Waals surface area contributed by atoms with Crippen molar-refractivity contribution in [3.63, 3.8) is 0 Å². The van der Waals surface area contributed by atoms with E-state index in [4.69, 9.17) is 15.6 Å². The molecule has 0 aromatic carbocycles. The zero-order chi connectivity index (χ0) is 12.7. The van der Waals surface area contributed by atoms with Crippen LogP contribution in [0.2, 0.25) is 0 Å². The standard InChI is InChI=1S/C10H13N5O3/c11-10-13-8-7(9(17)14-10)12-4-15(8)6-2-1-5(3-16)18-6/h4-6,16H,1-3H2,(H3,11,13,14,17)/t5-,6-/m0/s1. The number of anilines is 1. The molecule has 0 spiro atoms. The van der Waals surface area contributed by atoms with Gasteiger partial charge in [-0.3, -0.25) is 14.3 Å². The highest BCUT2D eigenvalue weighted by molar-refractivity contribution is 5.70. The van der Waals surface area contributed by atoms with Crippen LogP contribution in [0.25, 0.3) is 11.2 Å². The van der Waals surface area contributed by atoms with E-state index in [0.29, 0.717) is 5.65 Å².